The Labute approximate surface area is 148 Å². The molecule has 0 aromatic heterocycles. The van der Waals surface area contributed by atoms with E-state index in [1.54, 1.807) is 14.2 Å². The van der Waals surface area contributed by atoms with Gasteiger partial charge in [-0.05, 0) is 53.8 Å². The van der Waals surface area contributed by atoms with E-state index < -0.39 is 0 Å². The largest absolute Gasteiger partial charge is 0.493 e. The minimum absolute atomic E-state index is 0.150. The van der Waals surface area contributed by atoms with Gasteiger partial charge < -0.3 is 20.1 Å². The Morgan fingerprint density at radius 3 is 2.00 bits per heavy atom. The quantitative estimate of drug-likeness (QED) is 0.869. The summed E-state index contributed by atoms with van der Waals surface area (Å²) in [6.45, 7) is 1.44. The van der Waals surface area contributed by atoms with E-state index in [0.29, 0.717) is 12.1 Å². The summed E-state index contributed by atoms with van der Waals surface area (Å²) < 4.78 is 10.8. The lowest BCUT2D eigenvalue weighted by atomic mass is 10.0. The van der Waals surface area contributed by atoms with Crippen LogP contribution in [-0.2, 0) is 24.1 Å². The number of nitrogens with zero attached hydrogens (tertiary/aromatic N) is 1. The lowest BCUT2D eigenvalue weighted by Gasteiger charge is -2.20. The molecule has 0 bridgehead atoms. The van der Waals surface area contributed by atoms with Crippen LogP contribution in [0, 0.1) is 0 Å². The maximum Gasteiger partial charge on any atom is 0.227 e. The van der Waals surface area contributed by atoms with Crippen molar-refractivity contribution in [2.45, 2.75) is 19.3 Å². The summed E-state index contributed by atoms with van der Waals surface area (Å²) in [6.07, 6.45) is 2.05. The number of benzene rings is 2. The molecule has 5 nitrogen and oxygen atoms in total. The number of carbonyl (C=O) groups is 1. The maximum atomic E-state index is 12.6. The molecule has 0 radical (unpaired) electrons. The molecule has 2 aromatic rings. The van der Waals surface area contributed by atoms with Gasteiger partial charge in [0.1, 0.15) is 0 Å². The molecule has 0 fully saturated rings. The maximum absolute atomic E-state index is 12.6. The first-order chi connectivity index (χ1) is 12.1. The molecule has 3 rings (SSSR count). The zero-order chi connectivity index (χ0) is 17.8. The normalized spacial score (nSPS) is 13.8. The van der Waals surface area contributed by atoms with Crippen LogP contribution in [0.5, 0.6) is 11.5 Å². The Morgan fingerprint density at radius 1 is 1.00 bits per heavy atom. The standard InChI is InChI=1S/C20H24N2O3/c1-24-18-12-15-7-9-22(10-8-16(15)13-19(18)25-2)20(23)11-14-3-5-17(21)6-4-14/h3-6,12-13H,7-11,21H2,1-2H3. The third kappa shape index (κ3) is 3.87. The van der Waals surface area contributed by atoms with E-state index in [-0.39, 0.29) is 5.91 Å². The first-order valence-electron chi connectivity index (χ1n) is 8.46. The second-order valence-electron chi connectivity index (χ2n) is 6.28. The van der Waals surface area contributed by atoms with Gasteiger partial charge in [-0.3, -0.25) is 4.79 Å². The molecule has 1 aliphatic rings. The predicted octanol–water partition coefficient (Wildman–Crippen LogP) is 2.46. The lowest BCUT2D eigenvalue weighted by molar-refractivity contribution is -0.130. The zero-order valence-corrected chi connectivity index (χ0v) is 14.7. The van der Waals surface area contributed by atoms with Gasteiger partial charge in [0.25, 0.3) is 0 Å². The van der Waals surface area contributed by atoms with E-state index in [2.05, 4.69) is 0 Å². The SMILES string of the molecule is COc1cc2c(cc1OC)CCN(C(=O)Cc1ccc(N)cc1)CC2. The summed E-state index contributed by atoms with van der Waals surface area (Å²) in [5.74, 6) is 1.63. The molecule has 2 N–H and O–H groups in total. The number of methoxy groups -OCH3 is 2. The first-order valence-corrected chi connectivity index (χ1v) is 8.46. The van der Waals surface area contributed by atoms with Gasteiger partial charge in [-0.15, -0.1) is 0 Å². The number of hydrogen-bond acceptors (Lipinski definition) is 4. The highest BCUT2D eigenvalue weighted by Gasteiger charge is 2.20. The Kier molecular flexibility index (Phi) is 5.12. The monoisotopic (exact) mass is 340 g/mol. The molecule has 132 valence electrons. The van der Waals surface area contributed by atoms with E-state index in [9.17, 15) is 4.79 Å². The van der Waals surface area contributed by atoms with Crippen LogP contribution in [0.15, 0.2) is 36.4 Å². The number of hydrogen-bond donors (Lipinski definition) is 1. The highest BCUT2D eigenvalue weighted by Crippen LogP contribution is 2.32. The van der Waals surface area contributed by atoms with Crippen LogP contribution in [0.3, 0.4) is 0 Å². The van der Waals surface area contributed by atoms with Crippen molar-refractivity contribution >= 4 is 11.6 Å². The number of fused-ring (bicyclic) bond motifs is 1. The first kappa shape index (κ1) is 17.1. The Bertz CT molecular complexity index is 721. The molecule has 1 heterocycles. The van der Waals surface area contributed by atoms with Crippen LogP contribution < -0.4 is 15.2 Å². The third-order valence-corrected chi connectivity index (χ3v) is 4.70. The minimum atomic E-state index is 0.150. The highest BCUT2D eigenvalue weighted by molar-refractivity contribution is 5.79. The van der Waals surface area contributed by atoms with Crippen LogP contribution >= 0.6 is 0 Å². The number of nitrogens with two attached hydrogens (primary N) is 1. The Hall–Kier alpha value is -2.69. The van der Waals surface area contributed by atoms with Crippen molar-refractivity contribution in [2.75, 3.05) is 33.0 Å². The van der Waals surface area contributed by atoms with Crippen LogP contribution in [-0.4, -0.2) is 38.1 Å². The molecule has 0 saturated heterocycles. The van der Waals surface area contributed by atoms with E-state index in [1.807, 2.05) is 41.3 Å². The number of rotatable bonds is 4. The topological polar surface area (TPSA) is 64.8 Å². The molecular formula is C20H24N2O3. The average molecular weight is 340 g/mol. The van der Waals surface area contributed by atoms with Gasteiger partial charge in [0.15, 0.2) is 11.5 Å². The molecule has 0 atom stereocenters. The van der Waals surface area contributed by atoms with E-state index in [0.717, 1.165) is 43.0 Å². The van der Waals surface area contributed by atoms with Crippen LogP contribution in [0.2, 0.25) is 0 Å². The molecular weight excluding hydrogens is 316 g/mol. The number of nitrogen functional groups attached to an aromatic ring is 1. The van der Waals surface area contributed by atoms with Crippen molar-refractivity contribution in [1.82, 2.24) is 4.90 Å². The van der Waals surface area contributed by atoms with Crippen molar-refractivity contribution < 1.29 is 14.3 Å². The number of anilines is 1. The number of carbonyl (C=O) groups excluding carboxylic acids is 1. The number of amides is 1. The second-order valence-corrected chi connectivity index (χ2v) is 6.28. The third-order valence-electron chi connectivity index (χ3n) is 4.70. The molecule has 1 amide bonds. The molecule has 0 aliphatic carbocycles. The van der Waals surface area contributed by atoms with Crippen molar-refractivity contribution in [3.05, 3.63) is 53.1 Å². The fraction of sp³-hybridized carbons (Fsp3) is 0.350. The van der Waals surface area contributed by atoms with Gasteiger partial charge >= 0.3 is 0 Å². The van der Waals surface area contributed by atoms with Crippen molar-refractivity contribution in [1.29, 1.82) is 0 Å². The predicted molar refractivity (Wildman–Crippen MR) is 98.1 cm³/mol. The summed E-state index contributed by atoms with van der Waals surface area (Å²) in [4.78, 5) is 14.6. The Balaban J connectivity index is 1.70. The van der Waals surface area contributed by atoms with Gasteiger partial charge in [0.05, 0.1) is 20.6 Å². The van der Waals surface area contributed by atoms with Gasteiger partial charge in [0.2, 0.25) is 5.91 Å². The molecule has 0 unspecified atom stereocenters. The van der Waals surface area contributed by atoms with Crippen molar-refractivity contribution in [2.24, 2.45) is 0 Å². The van der Waals surface area contributed by atoms with Crippen molar-refractivity contribution in [3.63, 3.8) is 0 Å². The smallest absolute Gasteiger partial charge is 0.227 e. The summed E-state index contributed by atoms with van der Waals surface area (Å²) >= 11 is 0. The molecule has 2 aromatic carbocycles. The average Bonchev–Trinajstić information content (AvgIpc) is 2.84. The molecule has 1 aliphatic heterocycles. The minimum Gasteiger partial charge on any atom is -0.493 e. The lowest BCUT2D eigenvalue weighted by Crippen LogP contribution is -2.34. The molecule has 0 saturated carbocycles. The van der Waals surface area contributed by atoms with Gasteiger partial charge in [-0.25, -0.2) is 0 Å². The van der Waals surface area contributed by atoms with Gasteiger partial charge in [-0.2, -0.15) is 0 Å². The van der Waals surface area contributed by atoms with E-state index >= 15 is 0 Å². The van der Waals surface area contributed by atoms with Crippen LogP contribution in [0.4, 0.5) is 5.69 Å². The van der Waals surface area contributed by atoms with E-state index in [1.165, 1.54) is 11.1 Å². The summed E-state index contributed by atoms with van der Waals surface area (Å²) in [5.41, 5.74) is 9.85. The van der Waals surface area contributed by atoms with Crippen LogP contribution in [0.1, 0.15) is 16.7 Å². The fourth-order valence-corrected chi connectivity index (χ4v) is 3.22. The Morgan fingerprint density at radius 2 is 1.52 bits per heavy atom. The molecule has 0 spiro atoms. The van der Waals surface area contributed by atoms with Gasteiger partial charge in [-0.1, -0.05) is 12.1 Å². The molecule has 25 heavy (non-hydrogen) atoms. The summed E-state index contributed by atoms with van der Waals surface area (Å²) in [6, 6.07) is 11.5. The van der Waals surface area contributed by atoms with E-state index in [4.69, 9.17) is 15.2 Å². The number of ether oxygens (including phenoxy) is 2. The summed E-state index contributed by atoms with van der Waals surface area (Å²) in [7, 11) is 3.28. The summed E-state index contributed by atoms with van der Waals surface area (Å²) in [5, 5.41) is 0. The van der Waals surface area contributed by atoms with Crippen LogP contribution in [0.25, 0.3) is 0 Å². The molecule has 5 heteroatoms. The van der Waals surface area contributed by atoms with Gasteiger partial charge in [0, 0.05) is 18.8 Å². The van der Waals surface area contributed by atoms with Crippen molar-refractivity contribution in [3.8, 4) is 11.5 Å². The second kappa shape index (κ2) is 7.47. The zero-order valence-electron chi connectivity index (χ0n) is 14.7. The highest BCUT2D eigenvalue weighted by atomic mass is 16.5. The fourth-order valence-electron chi connectivity index (χ4n) is 3.22.